The lowest BCUT2D eigenvalue weighted by Crippen LogP contribution is -2.40. The van der Waals surface area contributed by atoms with Crippen LogP contribution in [-0.4, -0.2) is 28.2 Å². The van der Waals surface area contributed by atoms with Crippen LogP contribution in [0, 0.1) is 0 Å². The van der Waals surface area contributed by atoms with Gasteiger partial charge < -0.3 is 19.6 Å². The molecule has 0 unspecified atom stereocenters. The van der Waals surface area contributed by atoms with E-state index in [1.165, 1.54) is 23.5 Å². The van der Waals surface area contributed by atoms with Crippen molar-refractivity contribution in [2.45, 2.75) is 19.9 Å². The van der Waals surface area contributed by atoms with E-state index < -0.39 is 12.0 Å². The molecular weight excluding hydrogens is 578 g/mol. The summed E-state index contributed by atoms with van der Waals surface area (Å²) >= 11 is 1.20. The molecule has 1 atom stereocenters. The second kappa shape index (κ2) is 12.0. The molecule has 1 aliphatic rings. The Balaban J connectivity index is 1.43. The molecule has 0 fully saturated rings. The lowest BCUT2D eigenvalue weighted by molar-refractivity contribution is -0.113. The maximum atomic E-state index is 14.0. The van der Waals surface area contributed by atoms with E-state index in [2.05, 4.69) is 10.3 Å². The fourth-order valence-corrected chi connectivity index (χ4v) is 6.11. The number of amides is 1. The number of carbonyl (C=O) groups is 2. The smallest absolute Gasteiger partial charge is 0.335 e. The van der Waals surface area contributed by atoms with Gasteiger partial charge in [-0.1, -0.05) is 53.8 Å². The molecule has 44 heavy (non-hydrogen) atoms. The first-order chi connectivity index (χ1) is 21.3. The number of aromatic nitrogens is 1. The summed E-state index contributed by atoms with van der Waals surface area (Å²) in [7, 11) is 0. The number of hydrogen-bond acceptors (Lipinski definition) is 7. The number of hydrogen-bond donors (Lipinski definition) is 2. The monoisotopic (exact) mass is 605 g/mol. The Kier molecular flexibility index (Phi) is 7.82. The largest absolute Gasteiger partial charge is 0.494 e. The van der Waals surface area contributed by atoms with Gasteiger partial charge in [0.05, 0.1) is 34.0 Å². The molecule has 2 aromatic heterocycles. The number of nitrogens with one attached hydrogen (secondary N) is 1. The first kappa shape index (κ1) is 28.6. The van der Waals surface area contributed by atoms with Crippen molar-refractivity contribution in [3.05, 3.63) is 139 Å². The molecule has 3 heterocycles. The Morgan fingerprint density at radius 3 is 2.55 bits per heavy atom. The zero-order chi connectivity index (χ0) is 30.8. The minimum atomic E-state index is -1.03. The van der Waals surface area contributed by atoms with Gasteiger partial charge >= 0.3 is 5.97 Å². The number of benzene rings is 3. The van der Waals surface area contributed by atoms with Crippen molar-refractivity contribution in [3.8, 4) is 17.1 Å². The predicted octanol–water partition coefficient (Wildman–Crippen LogP) is 5.23. The minimum Gasteiger partial charge on any atom is -0.494 e. The van der Waals surface area contributed by atoms with Crippen molar-refractivity contribution in [2.24, 2.45) is 4.99 Å². The lowest BCUT2D eigenvalue weighted by Gasteiger charge is -2.25. The number of rotatable bonds is 8. The van der Waals surface area contributed by atoms with E-state index in [4.69, 9.17) is 9.15 Å². The summed E-state index contributed by atoms with van der Waals surface area (Å²) in [6.07, 6.45) is 1.63. The fourth-order valence-electron chi connectivity index (χ4n) is 5.08. The van der Waals surface area contributed by atoms with Crippen LogP contribution in [0.3, 0.4) is 0 Å². The third kappa shape index (κ3) is 5.62. The van der Waals surface area contributed by atoms with E-state index in [0.717, 1.165) is 5.56 Å². The number of ether oxygens (including phenoxy) is 1. The molecule has 1 aliphatic heterocycles. The van der Waals surface area contributed by atoms with Crippen LogP contribution < -0.4 is 24.9 Å². The summed E-state index contributed by atoms with van der Waals surface area (Å²) in [6, 6.07) is 25.6. The molecule has 0 bridgehead atoms. The summed E-state index contributed by atoms with van der Waals surface area (Å²) in [6.45, 7) is 4.18. The van der Waals surface area contributed by atoms with Crippen molar-refractivity contribution in [2.75, 3.05) is 11.9 Å². The maximum absolute atomic E-state index is 14.0. The second-order valence-electron chi connectivity index (χ2n) is 9.99. The van der Waals surface area contributed by atoms with Crippen molar-refractivity contribution in [1.29, 1.82) is 0 Å². The van der Waals surface area contributed by atoms with E-state index in [1.807, 2.05) is 49.4 Å². The normalized spacial score (nSPS) is 14.6. The van der Waals surface area contributed by atoms with Crippen LogP contribution in [0.5, 0.6) is 5.75 Å². The van der Waals surface area contributed by atoms with Crippen molar-refractivity contribution in [1.82, 2.24) is 4.57 Å². The number of allylic oxidation sites excluding steroid dienone is 1. The molecule has 0 radical (unpaired) electrons. The predicted molar refractivity (Wildman–Crippen MR) is 168 cm³/mol. The number of carbonyl (C=O) groups excluding carboxylic acids is 1. The summed E-state index contributed by atoms with van der Waals surface area (Å²) in [5.41, 5.74) is 2.64. The summed E-state index contributed by atoms with van der Waals surface area (Å²) in [5.74, 6) is 0.178. The highest BCUT2D eigenvalue weighted by molar-refractivity contribution is 7.07. The van der Waals surface area contributed by atoms with Crippen LogP contribution in [0.1, 0.15) is 41.6 Å². The van der Waals surface area contributed by atoms with Gasteiger partial charge in [0, 0.05) is 17.3 Å². The van der Waals surface area contributed by atoms with Gasteiger partial charge in [-0.05, 0) is 67.9 Å². The highest BCUT2D eigenvalue weighted by Gasteiger charge is 2.32. The van der Waals surface area contributed by atoms with Gasteiger partial charge in [-0.2, -0.15) is 0 Å². The number of furan rings is 1. The van der Waals surface area contributed by atoms with Crippen molar-refractivity contribution < 1.29 is 23.8 Å². The molecule has 10 heteroatoms. The Hall–Kier alpha value is -5.48. The van der Waals surface area contributed by atoms with Gasteiger partial charge in [0.1, 0.15) is 17.3 Å². The number of anilines is 1. The van der Waals surface area contributed by atoms with E-state index in [-0.39, 0.29) is 17.0 Å². The van der Waals surface area contributed by atoms with E-state index >= 15 is 0 Å². The number of carboxylic acid groups (broad SMARTS) is 1. The fraction of sp³-hybridized carbons (Fsp3) is 0.118. The first-order valence-electron chi connectivity index (χ1n) is 13.9. The van der Waals surface area contributed by atoms with E-state index in [0.29, 0.717) is 55.7 Å². The van der Waals surface area contributed by atoms with Crippen LogP contribution in [0.15, 0.2) is 116 Å². The van der Waals surface area contributed by atoms with Gasteiger partial charge in [-0.3, -0.25) is 14.2 Å². The molecule has 0 saturated heterocycles. The van der Waals surface area contributed by atoms with Crippen LogP contribution in [-0.2, 0) is 4.79 Å². The molecule has 5 aromatic rings. The first-order valence-corrected chi connectivity index (χ1v) is 14.7. The molecule has 2 N–H and O–H groups in total. The molecule has 0 spiro atoms. The van der Waals surface area contributed by atoms with Crippen molar-refractivity contribution >= 4 is 35.0 Å². The van der Waals surface area contributed by atoms with Gasteiger partial charge in [0.15, 0.2) is 4.80 Å². The maximum Gasteiger partial charge on any atom is 0.335 e. The summed E-state index contributed by atoms with van der Waals surface area (Å²) in [4.78, 5) is 44.3. The standard InChI is InChI=1S/C34H27N3O6S/c1-3-42-25-14-12-21(13-15-25)30-29(31(38)36-24-10-5-4-6-11-24)20(2)35-34-37(30)32(39)28(44-34)19-26-16-17-27(43-26)22-8-7-9-23(18-22)33(40)41/h4-19,30H,3H2,1-2H3,(H,36,38)(H,40,41)/b28-19-/t30-/m0/s1. The van der Waals surface area contributed by atoms with Crippen LogP contribution in [0.4, 0.5) is 5.69 Å². The van der Waals surface area contributed by atoms with E-state index in [9.17, 15) is 19.5 Å². The Labute approximate surface area is 255 Å². The van der Waals surface area contributed by atoms with E-state index in [1.54, 1.807) is 54.0 Å². The number of fused-ring (bicyclic) bond motifs is 1. The SMILES string of the molecule is CCOc1ccc([C@H]2C(C(=O)Nc3ccccc3)=C(C)N=c3s/c(=C\c4ccc(-c5cccc(C(=O)O)c5)o4)c(=O)n32)cc1. The Morgan fingerprint density at radius 2 is 1.82 bits per heavy atom. The number of para-hydroxylation sites is 1. The van der Waals surface area contributed by atoms with Crippen LogP contribution in [0.25, 0.3) is 17.4 Å². The lowest BCUT2D eigenvalue weighted by atomic mass is 9.95. The molecule has 0 aliphatic carbocycles. The van der Waals surface area contributed by atoms with Crippen molar-refractivity contribution in [3.63, 3.8) is 0 Å². The summed E-state index contributed by atoms with van der Waals surface area (Å²) in [5, 5.41) is 12.3. The molecular formula is C34H27N3O6S. The highest BCUT2D eigenvalue weighted by Crippen LogP contribution is 2.32. The molecule has 1 amide bonds. The third-order valence-corrected chi connectivity index (χ3v) is 8.08. The number of nitrogens with zero attached hydrogens (tertiary/aromatic N) is 2. The Morgan fingerprint density at radius 1 is 1.05 bits per heavy atom. The van der Waals surface area contributed by atoms with Crippen LogP contribution >= 0.6 is 11.3 Å². The summed E-state index contributed by atoms with van der Waals surface area (Å²) < 4.78 is 13.5. The van der Waals surface area contributed by atoms with Gasteiger partial charge in [0.2, 0.25) is 0 Å². The topological polar surface area (TPSA) is 123 Å². The molecule has 6 rings (SSSR count). The molecule has 220 valence electrons. The van der Waals surface area contributed by atoms with Gasteiger partial charge in [0.25, 0.3) is 11.5 Å². The van der Waals surface area contributed by atoms with Crippen LogP contribution in [0.2, 0.25) is 0 Å². The quantitative estimate of drug-likeness (QED) is 0.250. The third-order valence-electron chi connectivity index (χ3n) is 7.10. The highest BCUT2D eigenvalue weighted by atomic mass is 32.1. The van der Waals surface area contributed by atoms with Gasteiger partial charge in [-0.15, -0.1) is 0 Å². The zero-order valence-corrected chi connectivity index (χ0v) is 24.6. The number of thiazole rings is 1. The molecule has 9 nitrogen and oxygen atoms in total. The average Bonchev–Trinajstić information content (AvgIpc) is 3.61. The second-order valence-corrected chi connectivity index (χ2v) is 11.0. The van der Waals surface area contributed by atoms with Gasteiger partial charge in [-0.25, -0.2) is 9.79 Å². The molecule has 0 saturated carbocycles. The zero-order valence-electron chi connectivity index (χ0n) is 23.8. The average molecular weight is 606 g/mol. The minimum absolute atomic E-state index is 0.144. The molecule has 3 aromatic carbocycles. The number of carboxylic acids is 1. The Bertz CT molecular complexity index is 2090. The number of aromatic carboxylic acids is 1.